The maximum absolute atomic E-state index is 12.7. The molecule has 0 heterocycles. The monoisotopic (exact) mass is 392 g/mol. The van der Waals surface area contributed by atoms with Gasteiger partial charge in [-0.05, 0) is 31.9 Å². The lowest BCUT2D eigenvalue weighted by atomic mass is 9.96. The maximum Gasteiger partial charge on any atom is 0.342 e. The lowest BCUT2D eigenvalue weighted by Gasteiger charge is -2.28. The van der Waals surface area contributed by atoms with Crippen LogP contribution in [0.1, 0.15) is 39.7 Å². The van der Waals surface area contributed by atoms with Gasteiger partial charge in [-0.1, -0.05) is 37.3 Å². The number of ether oxygens (including phenoxy) is 4. The normalized spacial score (nSPS) is 13.4. The predicted octanol–water partition coefficient (Wildman–Crippen LogP) is 2.97. The number of hydrogen-bond acceptors (Lipinski definition) is 7. The average Bonchev–Trinajstić information content (AvgIpc) is 2.68. The van der Waals surface area contributed by atoms with Gasteiger partial charge in [0.1, 0.15) is 6.61 Å². The van der Waals surface area contributed by atoms with Crippen LogP contribution in [0.5, 0.6) is 0 Å². The van der Waals surface area contributed by atoms with Crippen molar-refractivity contribution < 1.29 is 33.3 Å². The highest BCUT2D eigenvalue weighted by Gasteiger charge is 2.39. The van der Waals surface area contributed by atoms with Gasteiger partial charge in [0.25, 0.3) is 0 Å². The largest absolute Gasteiger partial charge is 0.464 e. The molecule has 0 amide bonds. The van der Waals surface area contributed by atoms with E-state index in [2.05, 4.69) is 0 Å². The Labute approximate surface area is 165 Å². The summed E-state index contributed by atoms with van der Waals surface area (Å²) in [4.78, 5) is 36.2. The van der Waals surface area contributed by atoms with E-state index in [0.29, 0.717) is 0 Å². The second-order valence-electron chi connectivity index (χ2n) is 5.91. The van der Waals surface area contributed by atoms with Crippen molar-refractivity contribution in [3.63, 3.8) is 0 Å². The minimum absolute atomic E-state index is 0.0139. The Morgan fingerprint density at radius 3 is 2.14 bits per heavy atom. The van der Waals surface area contributed by atoms with Crippen LogP contribution in [-0.4, -0.2) is 43.3 Å². The van der Waals surface area contributed by atoms with E-state index < -0.39 is 23.5 Å². The number of hydrogen-bond donors (Lipinski definition) is 0. The molecule has 0 aliphatic heterocycles. The zero-order valence-corrected chi connectivity index (χ0v) is 16.9. The highest BCUT2D eigenvalue weighted by Crippen LogP contribution is 2.25. The molecular formula is C21H28O7. The summed E-state index contributed by atoms with van der Waals surface area (Å²) >= 11 is 0. The number of esters is 3. The first-order valence-electron chi connectivity index (χ1n) is 9.25. The van der Waals surface area contributed by atoms with E-state index in [4.69, 9.17) is 18.9 Å². The van der Waals surface area contributed by atoms with Gasteiger partial charge in [-0.2, -0.15) is 0 Å². The van der Waals surface area contributed by atoms with Crippen LogP contribution in [0.4, 0.5) is 0 Å². The Balaban J connectivity index is 3.26. The third-order valence-corrected chi connectivity index (χ3v) is 3.86. The summed E-state index contributed by atoms with van der Waals surface area (Å²) in [5.74, 6) is -1.87. The van der Waals surface area contributed by atoms with Gasteiger partial charge in [-0.25, -0.2) is 9.59 Å². The lowest BCUT2D eigenvalue weighted by molar-refractivity contribution is -0.167. The van der Waals surface area contributed by atoms with Crippen LogP contribution in [-0.2, 0) is 39.9 Å². The number of carbonyl (C=O) groups is 3. The van der Waals surface area contributed by atoms with Crippen LogP contribution in [0.2, 0.25) is 0 Å². The molecule has 154 valence electrons. The first-order valence-corrected chi connectivity index (χ1v) is 9.25. The summed E-state index contributed by atoms with van der Waals surface area (Å²) in [6, 6.07) is 9.31. The molecule has 1 aromatic rings. The summed E-state index contributed by atoms with van der Waals surface area (Å²) in [6.45, 7) is 6.41. The molecule has 0 aliphatic rings. The molecule has 1 aromatic carbocycles. The summed E-state index contributed by atoms with van der Waals surface area (Å²) in [5.41, 5.74) is -0.649. The second-order valence-corrected chi connectivity index (χ2v) is 5.91. The Bertz CT molecular complexity index is 681. The van der Waals surface area contributed by atoms with E-state index in [-0.39, 0.29) is 38.4 Å². The molecule has 0 spiro atoms. The fourth-order valence-electron chi connectivity index (χ4n) is 2.39. The van der Waals surface area contributed by atoms with E-state index in [1.165, 1.54) is 13.0 Å². The van der Waals surface area contributed by atoms with E-state index in [1.807, 2.05) is 30.3 Å². The zero-order chi connectivity index (χ0) is 21.0. The molecule has 1 unspecified atom stereocenters. The number of rotatable bonds is 11. The number of benzene rings is 1. The van der Waals surface area contributed by atoms with E-state index >= 15 is 0 Å². The van der Waals surface area contributed by atoms with Crippen molar-refractivity contribution in [1.29, 1.82) is 0 Å². The Hall–Kier alpha value is -2.67. The van der Waals surface area contributed by atoms with E-state index in [9.17, 15) is 14.4 Å². The van der Waals surface area contributed by atoms with Crippen molar-refractivity contribution in [3.05, 3.63) is 47.5 Å². The van der Waals surface area contributed by atoms with Crippen molar-refractivity contribution in [2.24, 2.45) is 0 Å². The minimum atomic E-state index is -1.52. The molecule has 0 saturated heterocycles. The van der Waals surface area contributed by atoms with Gasteiger partial charge in [0.05, 0.1) is 25.4 Å². The molecule has 1 rings (SSSR count). The fraction of sp³-hybridized carbons (Fsp3) is 0.476. The van der Waals surface area contributed by atoms with Crippen molar-refractivity contribution in [2.45, 2.75) is 46.3 Å². The first kappa shape index (κ1) is 23.4. The highest BCUT2D eigenvalue weighted by molar-refractivity contribution is 5.92. The van der Waals surface area contributed by atoms with Gasteiger partial charge >= 0.3 is 17.9 Å². The van der Waals surface area contributed by atoms with Gasteiger partial charge < -0.3 is 18.9 Å². The fourth-order valence-corrected chi connectivity index (χ4v) is 2.39. The molecule has 0 bridgehead atoms. The third kappa shape index (κ3) is 7.15. The SMILES string of the molecule is CCOC(=O)C(=CC(CC)(OCc1ccccc1)C(=O)OCC)COC(C)=O. The first-order chi connectivity index (χ1) is 13.4. The molecule has 0 N–H and O–H groups in total. The van der Waals surface area contributed by atoms with Crippen LogP contribution < -0.4 is 0 Å². The highest BCUT2D eigenvalue weighted by atomic mass is 16.6. The molecule has 28 heavy (non-hydrogen) atoms. The zero-order valence-electron chi connectivity index (χ0n) is 16.9. The second kappa shape index (κ2) is 11.9. The average molecular weight is 392 g/mol. The van der Waals surface area contributed by atoms with Gasteiger partial charge in [0.15, 0.2) is 5.60 Å². The van der Waals surface area contributed by atoms with Crippen LogP contribution in [0, 0.1) is 0 Å². The standard InChI is InChI=1S/C21H28O7/c1-5-21(20(24)26-7-3,28-14-17-11-9-8-10-12-17)13-18(15-27-16(4)22)19(23)25-6-2/h8-13H,5-7,14-15H2,1-4H3. The van der Waals surface area contributed by atoms with Crippen molar-refractivity contribution in [3.8, 4) is 0 Å². The van der Waals surface area contributed by atoms with Crippen LogP contribution >= 0.6 is 0 Å². The lowest BCUT2D eigenvalue weighted by Crippen LogP contribution is -2.41. The van der Waals surface area contributed by atoms with Gasteiger partial charge in [0, 0.05) is 6.92 Å². The molecule has 0 saturated carbocycles. The van der Waals surface area contributed by atoms with Crippen molar-refractivity contribution in [2.75, 3.05) is 19.8 Å². The minimum Gasteiger partial charge on any atom is -0.464 e. The van der Waals surface area contributed by atoms with Crippen LogP contribution in [0.15, 0.2) is 42.0 Å². The van der Waals surface area contributed by atoms with Gasteiger partial charge in [-0.15, -0.1) is 0 Å². The summed E-state index contributed by atoms with van der Waals surface area (Å²) in [5, 5.41) is 0. The number of carbonyl (C=O) groups excluding carboxylic acids is 3. The van der Waals surface area contributed by atoms with Gasteiger partial charge in [-0.3, -0.25) is 4.79 Å². The smallest absolute Gasteiger partial charge is 0.342 e. The molecule has 1 atom stereocenters. The predicted molar refractivity (Wildman–Crippen MR) is 102 cm³/mol. The molecule has 7 nitrogen and oxygen atoms in total. The molecule has 0 aromatic heterocycles. The van der Waals surface area contributed by atoms with Crippen LogP contribution in [0.25, 0.3) is 0 Å². The summed E-state index contributed by atoms with van der Waals surface area (Å²) in [7, 11) is 0. The quantitative estimate of drug-likeness (QED) is 0.325. The van der Waals surface area contributed by atoms with Crippen molar-refractivity contribution >= 4 is 17.9 Å². The summed E-state index contributed by atoms with van der Waals surface area (Å²) < 4.78 is 21.1. The maximum atomic E-state index is 12.7. The topological polar surface area (TPSA) is 88.1 Å². The molecule has 0 radical (unpaired) electrons. The summed E-state index contributed by atoms with van der Waals surface area (Å²) in [6.07, 6.45) is 1.55. The van der Waals surface area contributed by atoms with Crippen molar-refractivity contribution in [1.82, 2.24) is 0 Å². The Kier molecular flexibility index (Phi) is 9.95. The molecular weight excluding hydrogens is 364 g/mol. The Morgan fingerprint density at radius 2 is 1.61 bits per heavy atom. The third-order valence-electron chi connectivity index (χ3n) is 3.86. The molecule has 0 fully saturated rings. The molecule has 0 aliphatic carbocycles. The van der Waals surface area contributed by atoms with Gasteiger partial charge in [0.2, 0.25) is 0 Å². The van der Waals surface area contributed by atoms with E-state index in [1.54, 1.807) is 20.8 Å². The van der Waals surface area contributed by atoms with E-state index in [0.717, 1.165) is 5.56 Å². The molecule has 7 heteroatoms. The Morgan fingerprint density at radius 1 is 0.964 bits per heavy atom. The van der Waals surface area contributed by atoms with Crippen LogP contribution in [0.3, 0.4) is 0 Å².